The second kappa shape index (κ2) is 4.89. The molecule has 3 nitrogen and oxygen atoms in total. The number of rotatable bonds is 2. The molecule has 0 aliphatic heterocycles. The van der Waals surface area contributed by atoms with Gasteiger partial charge in [0.2, 0.25) is 0 Å². The minimum absolute atomic E-state index is 0.0203. The van der Waals surface area contributed by atoms with Gasteiger partial charge in [-0.1, -0.05) is 38.1 Å². The molecule has 0 spiro atoms. The van der Waals surface area contributed by atoms with Crippen molar-refractivity contribution in [2.24, 2.45) is 0 Å². The highest BCUT2D eigenvalue weighted by Crippen LogP contribution is 2.36. The summed E-state index contributed by atoms with van der Waals surface area (Å²) >= 11 is 0. The minimum Gasteiger partial charge on any atom is -0.310 e. The highest BCUT2D eigenvalue weighted by Gasteiger charge is 2.26. The van der Waals surface area contributed by atoms with E-state index in [9.17, 15) is 4.79 Å². The summed E-state index contributed by atoms with van der Waals surface area (Å²) in [6.07, 6.45) is 2.10. The predicted octanol–water partition coefficient (Wildman–Crippen LogP) is 3.28. The molecule has 1 aliphatic carbocycles. The maximum absolute atomic E-state index is 12.3. The van der Waals surface area contributed by atoms with Gasteiger partial charge in [0.25, 0.3) is 5.56 Å². The van der Waals surface area contributed by atoms with Gasteiger partial charge in [0, 0.05) is 17.2 Å². The van der Waals surface area contributed by atoms with Crippen LogP contribution in [0.15, 0.2) is 29.1 Å². The van der Waals surface area contributed by atoms with Crippen molar-refractivity contribution in [1.82, 2.24) is 9.97 Å². The Balaban J connectivity index is 2.07. The summed E-state index contributed by atoms with van der Waals surface area (Å²) in [6, 6.07) is 8.45. The number of aromatic amines is 1. The van der Waals surface area contributed by atoms with Crippen molar-refractivity contribution in [1.29, 1.82) is 0 Å². The van der Waals surface area contributed by atoms with Gasteiger partial charge in [-0.15, -0.1) is 0 Å². The molecule has 104 valence electrons. The number of hydrogen-bond acceptors (Lipinski definition) is 2. The van der Waals surface area contributed by atoms with Crippen LogP contribution in [0.3, 0.4) is 0 Å². The monoisotopic (exact) mass is 268 g/mol. The van der Waals surface area contributed by atoms with Crippen LogP contribution >= 0.6 is 0 Å². The lowest BCUT2D eigenvalue weighted by Gasteiger charge is -2.14. The van der Waals surface area contributed by atoms with Gasteiger partial charge in [-0.2, -0.15) is 0 Å². The molecule has 3 rings (SSSR count). The van der Waals surface area contributed by atoms with E-state index in [0.717, 1.165) is 29.9 Å². The van der Waals surface area contributed by atoms with Crippen LogP contribution in [-0.2, 0) is 6.42 Å². The molecule has 1 aliphatic rings. The van der Waals surface area contributed by atoms with E-state index >= 15 is 0 Å². The van der Waals surface area contributed by atoms with Crippen LogP contribution in [0.25, 0.3) is 0 Å². The first-order valence-electron chi connectivity index (χ1n) is 7.26. The molecular formula is C17H20N2O. The average molecular weight is 268 g/mol. The van der Waals surface area contributed by atoms with Gasteiger partial charge in [-0.3, -0.25) is 4.79 Å². The van der Waals surface area contributed by atoms with Gasteiger partial charge >= 0.3 is 0 Å². The van der Waals surface area contributed by atoms with Crippen LogP contribution in [0.4, 0.5) is 0 Å². The average Bonchev–Trinajstić information content (AvgIpc) is 2.81. The molecule has 2 aromatic rings. The van der Waals surface area contributed by atoms with Crippen LogP contribution < -0.4 is 5.56 Å². The summed E-state index contributed by atoms with van der Waals surface area (Å²) in [7, 11) is 0. The third-order valence-corrected chi connectivity index (χ3v) is 4.20. The highest BCUT2D eigenvalue weighted by molar-refractivity contribution is 5.39. The summed E-state index contributed by atoms with van der Waals surface area (Å²) in [5, 5.41) is 0. The molecule has 0 radical (unpaired) electrons. The number of fused-ring (bicyclic) bond motifs is 1. The van der Waals surface area contributed by atoms with Crippen molar-refractivity contribution in [3.63, 3.8) is 0 Å². The SMILES string of the molecule is Cc1nc(C2CCc3ccccc32)[nH]c(=O)c1C(C)C. The Kier molecular flexibility index (Phi) is 3.20. The molecule has 1 N–H and O–H groups in total. The molecule has 20 heavy (non-hydrogen) atoms. The minimum atomic E-state index is 0.0203. The van der Waals surface area contributed by atoms with Gasteiger partial charge < -0.3 is 4.98 Å². The van der Waals surface area contributed by atoms with Crippen molar-refractivity contribution in [2.75, 3.05) is 0 Å². The number of aromatic nitrogens is 2. The zero-order chi connectivity index (χ0) is 14.3. The first-order chi connectivity index (χ1) is 9.58. The standard InChI is InChI=1S/C17H20N2O/c1-10(2)15-11(3)18-16(19-17(15)20)14-9-8-12-6-4-5-7-13(12)14/h4-7,10,14H,8-9H2,1-3H3,(H,18,19,20). The number of H-pyrrole nitrogens is 1. The molecule has 1 atom stereocenters. The zero-order valence-corrected chi connectivity index (χ0v) is 12.2. The molecule has 0 bridgehead atoms. The van der Waals surface area contributed by atoms with Crippen LogP contribution in [0.2, 0.25) is 0 Å². The molecule has 1 aromatic carbocycles. The maximum atomic E-state index is 12.3. The third kappa shape index (κ3) is 2.07. The van der Waals surface area contributed by atoms with Gasteiger partial charge in [0.05, 0.1) is 0 Å². The Morgan fingerprint density at radius 3 is 2.75 bits per heavy atom. The van der Waals surface area contributed by atoms with E-state index in [1.165, 1.54) is 11.1 Å². The molecular weight excluding hydrogens is 248 g/mol. The summed E-state index contributed by atoms with van der Waals surface area (Å²) in [4.78, 5) is 20.0. The predicted molar refractivity (Wildman–Crippen MR) is 80.3 cm³/mol. The number of nitrogens with zero attached hydrogens (tertiary/aromatic N) is 1. The van der Waals surface area contributed by atoms with Gasteiger partial charge in [-0.05, 0) is 36.8 Å². The maximum Gasteiger partial charge on any atom is 0.254 e. The molecule has 1 unspecified atom stereocenters. The molecule has 1 heterocycles. The van der Waals surface area contributed by atoms with Gasteiger partial charge in [-0.25, -0.2) is 4.98 Å². The number of nitrogens with one attached hydrogen (secondary N) is 1. The normalized spacial score (nSPS) is 17.5. The Morgan fingerprint density at radius 1 is 1.30 bits per heavy atom. The van der Waals surface area contributed by atoms with Crippen LogP contribution in [0.1, 0.15) is 60.3 Å². The van der Waals surface area contributed by atoms with E-state index in [1.807, 2.05) is 20.8 Å². The summed E-state index contributed by atoms with van der Waals surface area (Å²) in [5.74, 6) is 1.26. The van der Waals surface area contributed by atoms with E-state index in [1.54, 1.807) is 0 Å². The molecule has 0 saturated heterocycles. The van der Waals surface area contributed by atoms with E-state index in [-0.39, 0.29) is 17.4 Å². The lowest BCUT2D eigenvalue weighted by atomic mass is 9.99. The molecule has 0 fully saturated rings. The second-order valence-electron chi connectivity index (χ2n) is 5.90. The number of hydrogen-bond donors (Lipinski definition) is 1. The van der Waals surface area contributed by atoms with E-state index in [2.05, 4.69) is 34.2 Å². The smallest absolute Gasteiger partial charge is 0.254 e. The fourth-order valence-electron chi connectivity index (χ4n) is 3.30. The van der Waals surface area contributed by atoms with Gasteiger partial charge in [0.1, 0.15) is 5.82 Å². The van der Waals surface area contributed by atoms with Gasteiger partial charge in [0.15, 0.2) is 0 Å². The van der Waals surface area contributed by atoms with Crippen LogP contribution in [-0.4, -0.2) is 9.97 Å². The van der Waals surface area contributed by atoms with Crippen molar-refractivity contribution in [3.05, 3.63) is 62.8 Å². The lowest BCUT2D eigenvalue weighted by molar-refractivity contribution is 0.701. The topological polar surface area (TPSA) is 45.8 Å². The third-order valence-electron chi connectivity index (χ3n) is 4.20. The fraction of sp³-hybridized carbons (Fsp3) is 0.412. The van der Waals surface area contributed by atoms with Crippen molar-refractivity contribution < 1.29 is 0 Å². The molecule has 0 saturated carbocycles. The van der Waals surface area contributed by atoms with E-state index in [4.69, 9.17) is 0 Å². The summed E-state index contributed by atoms with van der Waals surface area (Å²) in [6.45, 7) is 6.00. The zero-order valence-electron chi connectivity index (χ0n) is 12.2. The number of aryl methyl sites for hydroxylation is 2. The Hall–Kier alpha value is -1.90. The lowest BCUT2D eigenvalue weighted by Crippen LogP contribution is -2.21. The summed E-state index contributed by atoms with van der Waals surface area (Å²) < 4.78 is 0. The highest BCUT2D eigenvalue weighted by atomic mass is 16.1. The van der Waals surface area contributed by atoms with E-state index in [0.29, 0.717) is 0 Å². The Bertz CT molecular complexity index is 700. The Labute approximate surface area is 119 Å². The van der Waals surface area contributed by atoms with Crippen molar-refractivity contribution in [3.8, 4) is 0 Å². The second-order valence-corrected chi connectivity index (χ2v) is 5.90. The largest absolute Gasteiger partial charge is 0.310 e. The number of benzene rings is 1. The molecule has 3 heteroatoms. The van der Waals surface area contributed by atoms with Crippen LogP contribution in [0, 0.1) is 6.92 Å². The summed E-state index contributed by atoms with van der Waals surface area (Å²) in [5.41, 5.74) is 4.38. The quantitative estimate of drug-likeness (QED) is 0.908. The Morgan fingerprint density at radius 2 is 2.05 bits per heavy atom. The van der Waals surface area contributed by atoms with E-state index < -0.39 is 0 Å². The first-order valence-corrected chi connectivity index (χ1v) is 7.26. The van der Waals surface area contributed by atoms with Crippen molar-refractivity contribution in [2.45, 2.75) is 45.4 Å². The van der Waals surface area contributed by atoms with Crippen molar-refractivity contribution >= 4 is 0 Å². The van der Waals surface area contributed by atoms with Crippen LogP contribution in [0.5, 0.6) is 0 Å². The fourth-order valence-corrected chi connectivity index (χ4v) is 3.30. The molecule has 0 amide bonds. The molecule has 1 aromatic heterocycles. The first kappa shape index (κ1) is 13.1.